The van der Waals surface area contributed by atoms with E-state index in [0.717, 1.165) is 36.7 Å². The molecule has 2 N–H and O–H groups in total. The molecule has 1 saturated heterocycles. The minimum Gasteiger partial charge on any atom is -0.490 e. The van der Waals surface area contributed by atoms with E-state index >= 15 is 0 Å². The lowest BCUT2D eigenvalue weighted by Gasteiger charge is -2.26. The number of carbonyl (C=O) groups is 1. The van der Waals surface area contributed by atoms with E-state index in [1.54, 1.807) is 10.7 Å². The highest BCUT2D eigenvalue weighted by atomic mass is 19.4. The maximum atomic E-state index is 13.5. The molecule has 7 nitrogen and oxygen atoms in total. The van der Waals surface area contributed by atoms with E-state index in [1.807, 2.05) is 20.8 Å². The third-order valence-corrected chi connectivity index (χ3v) is 6.13. The number of amides is 1. The summed E-state index contributed by atoms with van der Waals surface area (Å²) in [4.78, 5) is 13.3. The van der Waals surface area contributed by atoms with Gasteiger partial charge in [0.05, 0.1) is 35.6 Å². The third-order valence-electron chi connectivity index (χ3n) is 6.13. The summed E-state index contributed by atoms with van der Waals surface area (Å²) in [5, 5.41) is 17.7. The summed E-state index contributed by atoms with van der Waals surface area (Å²) in [5.74, 6) is -0.436. The Morgan fingerprint density at radius 1 is 1.22 bits per heavy atom. The van der Waals surface area contributed by atoms with Crippen LogP contribution in [-0.4, -0.2) is 46.2 Å². The first-order valence-electron chi connectivity index (χ1n) is 12.5. The number of halogens is 3. The Morgan fingerprint density at radius 3 is 2.49 bits per heavy atom. The first-order valence-corrected chi connectivity index (χ1v) is 12.5. The summed E-state index contributed by atoms with van der Waals surface area (Å²) in [6.45, 7) is 12.6. The molecule has 2 atom stereocenters. The predicted octanol–water partition coefficient (Wildman–Crippen LogP) is 5.71. The molecule has 0 radical (unpaired) electrons. The van der Waals surface area contributed by atoms with Gasteiger partial charge in [-0.1, -0.05) is 41.5 Å². The Hall–Kier alpha value is -2.59. The standard InChI is InChI=1S/C27H38F3N3O4/c1-25(2,3)14-18-13-23(33(32-18)15-19-8-7-11-36-19)31-24(35)20-12-17(27(28,29)30)9-10-21(20)37-16-22(34)26(4,5)6/h9-10,12-13,19,22,34H,7-8,11,14-16H2,1-6H3,(H,31,35)/t19-,22+/m1/s1. The zero-order chi connectivity index (χ0) is 27.6. The molecule has 10 heteroatoms. The minimum absolute atomic E-state index is 0.0473. The first kappa shape index (κ1) is 29.0. The number of rotatable bonds is 8. The number of nitrogens with one attached hydrogen (secondary N) is 1. The summed E-state index contributed by atoms with van der Waals surface area (Å²) < 4.78 is 53.4. The van der Waals surface area contributed by atoms with Crippen LogP contribution in [0.5, 0.6) is 5.75 Å². The summed E-state index contributed by atoms with van der Waals surface area (Å²) in [6.07, 6.45) is -3.13. The number of aliphatic hydroxyl groups excluding tert-OH is 1. The summed E-state index contributed by atoms with van der Waals surface area (Å²) in [7, 11) is 0. The van der Waals surface area contributed by atoms with Crippen LogP contribution >= 0.6 is 0 Å². The van der Waals surface area contributed by atoms with Crippen LogP contribution in [0.4, 0.5) is 19.0 Å². The van der Waals surface area contributed by atoms with E-state index in [2.05, 4.69) is 31.2 Å². The van der Waals surface area contributed by atoms with E-state index in [9.17, 15) is 23.1 Å². The Balaban J connectivity index is 1.92. The number of alkyl halides is 3. The lowest BCUT2D eigenvalue weighted by molar-refractivity contribution is -0.137. The average Bonchev–Trinajstić information content (AvgIpc) is 3.39. The van der Waals surface area contributed by atoms with Crippen molar-refractivity contribution < 1.29 is 32.5 Å². The van der Waals surface area contributed by atoms with Crippen LogP contribution in [0.1, 0.15) is 76.0 Å². The van der Waals surface area contributed by atoms with Gasteiger partial charge in [0.25, 0.3) is 5.91 Å². The molecule has 0 unspecified atom stereocenters. The predicted molar refractivity (Wildman–Crippen MR) is 135 cm³/mol. The van der Waals surface area contributed by atoms with Gasteiger partial charge in [-0.05, 0) is 48.3 Å². The molecule has 206 valence electrons. The number of anilines is 1. The second-order valence-electron chi connectivity index (χ2n) is 11.9. The maximum Gasteiger partial charge on any atom is 0.416 e. The van der Waals surface area contributed by atoms with Crippen molar-refractivity contribution in [2.45, 2.75) is 85.7 Å². The maximum absolute atomic E-state index is 13.5. The van der Waals surface area contributed by atoms with Crippen LogP contribution in [0.3, 0.4) is 0 Å². The van der Waals surface area contributed by atoms with E-state index < -0.39 is 29.2 Å². The van der Waals surface area contributed by atoms with Crippen LogP contribution < -0.4 is 10.1 Å². The van der Waals surface area contributed by atoms with E-state index in [4.69, 9.17) is 9.47 Å². The van der Waals surface area contributed by atoms with Gasteiger partial charge in [-0.2, -0.15) is 18.3 Å². The van der Waals surface area contributed by atoms with Gasteiger partial charge in [0, 0.05) is 12.7 Å². The lowest BCUT2D eigenvalue weighted by atomic mass is 9.90. The highest BCUT2D eigenvalue weighted by Gasteiger charge is 2.33. The molecular formula is C27H38F3N3O4. The molecule has 1 aliphatic rings. The Bertz CT molecular complexity index is 1080. The SMILES string of the molecule is CC(C)(C)Cc1cc(NC(=O)c2cc(C(F)(F)F)ccc2OC[C@H](O)C(C)(C)C)n(C[C@H]2CCCO2)n1. The number of nitrogens with zero attached hydrogens (tertiary/aromatic N) is 2. The lowest BCUT2D eigenvalue weighted by Crippen LogP contribution is -2.32. The van der Waals surface area contributed by atoms with Gasteiger partial charge in [-0.25, -0.2) is 4.68 Å². The fourth-order valence-electron chi connectivity index (χ4n) is 3.93. The summed E-state index contributed by atoms with van der Waals surface area (Å²) >= 11 is 0. The molecule has 2 heterocycles. The van der Waals surface area contributed by atoms with Crippen LogP contribution in [0.2, 0.25) is 0 Å². The first-order chi connectivity index (χ1) is 17.0. The number of hydrogen-bond donors (Lipinski definition) is 2. The van der Waals surface area contributed by atoms with Crippen LogP contribution in [-0.2, 0) is 23.9 Å². The Morgan fingerprint density at radius 2 is 1.92 bits per heavy atom. The number of benzene rings is 1. The molecule has 37 heavy (non-hydrogen) atoms. The molecule has 0 aliphatic carbocycles. The quantitative estimate of drug-likeness (QED) is 0.461. The van der Waals surface area contributed by atoms with Crippen molar-refractivity contribution in [3.05, 3.63) is 41.1 Å². The largest absolute Gasteiger partial charge is 0.490 e. The molecule has 0 spiro atoms. The minimum atomic E-state index is -4.64. The average molecular weight is 526 g/mol. The summed E-state index contributed by atoms with van der Waals surface area (Å²) in [5.41, 5.74) is -1.05. The van der Waals surface area contributed by atoms with Gasteiger partial charge in [0.1, 0.15) is 18.2 Å². The molecule has 0 bridgehead atoms. The van der Waals surface area contributed by atoms with Gasteiger partial charge in [-0.15, -0.1) is 0 Å². The van der Waals surface area contributed by atoms with Gasteiger partial charge >= 0.3 is 6.18 Å². The van der Waals surface area contributed by atoms with Crippen molar-refractivity contribution in [1.82, 2.24) is 9.78 Å². The summed E-state index contributed by atoms with van der Waals surface area (Å²) in [6, 6.07) is 4.49. The topological polar surface area (TPSA) is 85.6 Å². The second-order valence-corrected chi connectivity index (χ2v) is 11.9. The van der Waals surface area contributed by atoms with Gasteiger partial charge in [0.15, 0.2) is 0 Å². The molecule has 1 aromatic carbocycles. The third kappa shape index (κ3) is 8.20. The van der Waals surface area contributed by atoms with Gasteiger partial charge in [0.2, 0.25) is 0 Å². The number of carbonyl (C=O) groups excluding carboxylic acids is 1. The van der Waals surface area contributed by atoms with E-state index in [-0.39, 0.29) is 29.4 Å². The molecule has 1 fully saturated rings. The monoisotopic (exact) mass is 525 g/mol. The van der Waals surface area contributed by atoms with Crippen molar-refractivity contribution in [1.29, 1.82) is 0 Å². The van der Waals surface area contributed by atoms with Crippen molar-refractivity contribution in [2.75, 3.05) is 18.5 Å². The van der Waals surface area contributed by atoms with Crippen molar-refractivity contribution in [3.63, 3.8) is 0 Å². The van der Waals surface area contributed by atoms with Crippen LogP contribution in [0, 0.1) is 10.8 Å². The Kier molecular flexibility index (Phi) is 8.64. The van der Waals surface area contributed by atoms with Crippen LogP contribution in [0.15, 0.2) is 24.3 Å². The molecule has 1 amide bonds. The highest BCUT2D eigenvalue weighted by molar-refractivity contribution is 6.06. The zero-order valence-corrected chi connectivity index (χ0v) is 22.4. The molecular weight excluding hydrogens is 487 g/mol. The fourth-order valence-corrected chi connectivity index (χ4v) is 3.93. The molecule has 2 aromatic rings. The fraction of sp³-hybridized carbons (Fsp3) is 0.630. The molecule has 3 rings (SSSR count). The smallest absolute Gasteiger partial charge is 0.416 e. The molecule has 0 saturated carbocycles. The highest BCUT2D eigenvalue weighted by Crippen LogP contribution is 2.34. The number of hydrogen-bond acceptors (Lipinski definition) is 5. The zero-order valence-electron chi connectivity index (χ0n) is 22.4. The normalized spacial score (nSPS) is 17.6. The number of aromatic nitrogens is 2. The van der Waals surface area contributed by atoms with Crippen LogP contribution in [0.25, 0.3) is 0 Å². The number of ether oxygens (including phenoxy) is 2. The number of aliphatic hydroxyl groups is 1. The Labute approximate surface area is 216 Å². The van der Waals surface area contributed by atoms with Crippen molar-refractivity contribution >= 4 is 11.7 Å². The molecule has 1 aromatic heterocycles. The second kappa shape index (κ2) is 11.0. The van der Waals surface area contributed by atoms with Crippen molar-refractivity contribution in [2.24, 2.45) is 10.8 Å². The van der Waals surface area contributed by atoms with E-state index in [1.165, 1.54) is 0 Å². The van der Waals surface area contributed by atoms with Crippen molar-refractivity contribution in [3.8, 4) is 5.75 Å². The van der Waals surface area contributed by atoms with Gasteiger partial charge < -0.3 is 19.9 Å². The van der Waals surface area contributed by atoms with Gasteiger partial charge in [-0.3, -0.25) is 4.79 Å². The van der Waals surface area contributed by atoms with E-state index in [0.29, 0.717) is 25.4 Å². The molecule has 1 aliphatic heterocycles.